The van der Waals surface area contributed by atoms with Crippen molar-refractivity contribution in [1.82, 2.24) is 24.5 Å². The van der Waals surface area contributed by atoms with Gasteiger partial charge in [-0.1, -0.05) is 44.2 Å². The van der Waals surface area contributed by atoms with Gasteiger partial charge in [0.2, 0.25) is 0 Å². The van der Waals surface area contributed by atoms with Crippen molar-refractivity contribution in [3.05, 3.63) is 136 Å². The van der Waals surface area contributed by atoms with Crippen LogP contribution in [0.4, 0.5) is 21.6 Å². The lowest BCUT2D eigenvalue weighted by atomic mass is 9.59. The molecule has 418 valence electrons. The van der Waals surface area contributed by atoms with E-state index in [1.54, 1.807) is 19.2 Å². The number of halogens is 1. The number of piperidine rings is 1. The van der Waals surface area contributed by atoms with Crippen LogP contribution in [0.1, 0.15) is 128 Å². The van der Waals surface area contributed by atoms with E-state index in [1.807, 2.05) is 26.0 Å². The molecule has 11 rings (SSSR count). The van der Waals surface area contributed by atoms with E-state index in [4.69, 9.17) is 13.9 Å². The molecule has 3 aliphatic carbocycles. The quantitative estimate of drug-likeness (QED) is 0.0670. The van der Waals surface area contributed by atoms with Crippen LogP contribution in [0.15, 0.2) is 101 Å². The first-order valence-corrected chi connectivity index (χ1v) is 29.4. The second-order valence-corrected chi connectivity index (χ2v) is 25.1. The van der Waals surface area contributed by atoms with Crippen LogP contribution in [0.25, 0.3) is 16.8 Å². The Morgan fingerprint density at radius 3 is 2.49 bits per heavy atom. The fourth-order valence-corrected chi connectivity index (χ4v) is 13.9. The van der Waals surface area contributed by atoms with E-state index >= 15 is 0 Å². The van der Waals surface area contributed by atoms with Crippen molar-refractivity contribution in [2.75, 3.05) is 63.6 Å². The molecule has 1 spiro atoms. The summed E-state index contributed by atoms with van der Waals surface area (Å²) in [4.78, 5) is 30.3. The zero-order chi connectivity index (χ0) is 55.4. The van der Waals surface area contributed by atoms with Crippen molar-refractivity contribution in [1.29, 1.82) is 0 Å². The summed E-state index contributed by atoms with van der Waals surface area (Å²) in [6.07, 6.45) is 11.5. The van der Waals surface area contributed by atoms with Crippen LogP contribution in [-0.2, 0) is 23.0 Å². The fraction of sp³-hybridized carbons (Fsp3) is 0.459. The van der Waals surface area contributed by atoms with Gasteiger partial charge >= 0.3 is 0 Å². The third-order valence-corrected chi connectivity index (χ3v) is 18.9. The number of benzene rings is 3. The lowest BCUT2D eigenvalue weighted by Crippen LogP contribution is -2.98. The van der Waals surface area contributed by atoms with Gasteiger partial charge in [-0.25, -0.2) is 22.5 Å². The zero-order valence-corrected chi connectivity index (χ0v) is 46.9. The number of nitrogens with zero attached hydrogens (tertiary/aromatic N) is 5. The maximum Gasteiger partial charge on any atom is 0.268 e. The van der Waals surface area contributed by atoms with Crippen LogP contribution >= 0.6 is 0 Å². The average molecular weight is 1100 g/mol. The van der Waals surface area contributed by atoms with Gasteiger partial charge in [0.05, 0.1) is 43.4 Å². The predicted molar refractivity (Wildman–Crippen MR) is 303 cm³/mol. The van der Waals surface area contributed by atoms with Crippen molar-refractivity contribution in [3.63, 3.8) is 0 Å². The minimum Gasteiger partial charge on any atom is -0.629 e. The minimum atomic E-state index is -4.55. The number of hydrogen-bond donors (Lipinski definition) is 4. The molecule has 79 heavy (non-hydrogen) atoms. The molecule has 5 aliphatic rings. The Labute approximate surface area is 462 Å². The molecule has 5 heterocycles. The number of carbonyl (C=O) groups is 1. The molecular weight excluding hydrogens is 1020 g/mol. The van der Waals surface area contributed by atoms with Crippen LogP contribution in [0.2, 0.25) is 0 Å². The van der Waals surface area contributed by atoms with Crippen LogP contribution in [0.3, 0.4) is 0 Å². The van der Waals surface area contributed by atoms with Crippen LogP contribution < -0.4 is 29.5 Å². The summed E-state index contributed by atoms with van der Waals surface area (Å²) in [7, 11) is -1.54. The van der Waals surface area contributed by atoms with E-state index in [2.05, 4.69) is 85.0 Å². The second-order valence-electron chi connectivity index (χ2n) is 23.4. The summed E-state index contributed by atoms with van der Waals surface area (Å²) in [6, 6.07) is 23.9. The molecule has 1 amide bonds. The Hall–Kier alpha value is -6.41. The normalized spacial score (nSPS) is 22.2. The zero-order valence-electron chi connectivity index (χ0n) is 46.1. The summed E-state index contributed by atoms with van der Waals surface area (Å²) in [5.74, 6) is 1.39. The lowest BCUT2D eigenvalue weighted by Gasteiger charge is -2.58. The van der Waals surface area contributed by atoms with Gasteiger partial charge in [0, 0.05) is 93.1 Å². The van der Waals surface area contributed by atoms with Crippen LogP contribution in [0, 0.1) is 23.5 Å². The summed E-state index contributed by atoms with van der Waals surface area (Å²) in [6.45, 7) is 14.1. The standard InChI is InChI=1S/C61H73FN8O8S/c1-38(2)46-9-7-8-10-47(46)54-37-68(36-41-11-16-55(76-6)57-49(41)27-39(3)77-57)25-26-70(54)43-31-61(32-43)21-23-69(24-22-61)42-12-13-48(56(28-42)78-44-29-50-51(62)14-15-52(50)63-34-44)59(71)66-79(74,75)45-30-53(67(5)73)58(65-35-45)64-33-40-17-19-60(4,72)20-18-40/h7-14,16,27-30,34-35,38,40,43,54,67,72H,15,17-26,31-33,36-37H2,1-6H3,(H,64,65)(H,66,71)/t40?,54-,60?/m0/s1. The van der Waals surface area contributed by atoms with Crippen LogP contribution in [0.5, 0.6) is 17.2 Å². The summed E-state index contributed by atoms with van der Waals surface area (Å²) >= 11 is 0. The summed E-state index contributed by atoms with van der Waals surface area (Å²) in [5.41, 5.74) is 6.03. The Morgan fingerprint density at radius 2 is 1.75 bits per heavy atom. The number of allylic oxidation sites excluding steroid dienone is 1. The number of anilines is 2. The van der Waals surface area contributed by atoms with Gasteiger partial charge in [-0.15, -0.1) is 0 Å². The molecule has 16 nitrogen and oxygen atoms in total. The van der Waals surface area contributed by atoms with Crippen molar-refractivity contribution in [3.8, 4) is 17.2 Å². The van der Waals surface area contributed by atoms with Gasteiger partial charge in [0.25, 0.3) is 15.9 Å². The van der Waals surface area contributed by atoms with Crippen LogP contribution in [-0.4, -0.2) is 104 Å². The number of rotatable bonds is 16. The first-order valence-electron chi connectivity index (χ1n) is 27.9. The van der Waals surface area contributed by atoms with Gasteiger partial charge < -0.3 is 39.5 Å². The number of sulfonamides is 1. The molecule has 0 bridgehead atoms. The third-order valence-electron chi connectivity index (χ3n) is 17.6. The highest BCUT2D eigenvalue weighted by atomic mass is 32.2. The molecule has 2 saturated heterocycles. The number of methoxy groups -OCH3 is 1. The average Bonchev–Trinajstić information content (AvgIpc) is 4.13. The fourth-order valence-electron chi connectivity index (χ4n) is 13.0. The van der Waals surface area contributed by atoms with E-state index in [-0.39, 0.29) is 50.8 Å². The van der Waals surface area contributed by atoms with Crippen molar-refractivity contribution >= 4 is 49.9 Å². The number of ether oxygens (including phenoxy) is 2. The Morgan fingerprint density at radius 1 is 0.975 bits per heavy atom. The number of quaternary nitrogens is 1. The van der Waals surface area contributed by atoms with Gasteiger partial charge in [-0.3, -0.25) is 19.6 Å². The minimum absolute atomic E-state index is 0.0637. The number of carbonyl (C=O) groups excluding carboxylic acids is 1. The Bertz CT molecular complexity index is 3390. The van der Waals surface area contributed by atoms with E-state index in [0.717, 1.165) is 112 Å². The first kappa shape index (κ1) is 54.5. The number of pyridine rings is 2. The number of furan rings is 1. The maximum absolute atomic E-state index is 14.9. The maximum atomic E-state index is 14.9. The molecule has 3 aromatic carbocycles. The highest BCUT2D eigenvalue weighted by Gasteiger charge is 2.50. The largest absolute Gasteiger partial charge is 0.629 e. The van der Waals surface area contributed by atoms with E-state index in [0.29, 0.717) is 49.0 Å². The lowest BCUT2D eigenvalue weighted by molar-refractivity contribution is -0.751. The molecule has 4 N–H and O–H groups in total. The number of aliphatic hydroxyl groups is 1. The van der Waals surface area contributed by atoms with Gasteiger partial charge in [0.15, 0.2) is 22.8 Å². The topological polar surface area (TPSA) is 190 Å². The van der Waals surface area contributed by atoms with Crippen molar-refractivity contribution < 1.29 is 41.7 Å². The molecular formula is C61H73FN8O8S. The first-order chi connectivity index (χ1) is 37.8. The number of piperazine rings is 1. The van der Waals surface area contributed by atoms with Crippen molar-refractivity contribution in [2.24, 2.45) is 11.3 Å². The highest BCUT2D eigenvalue weighted by Crippen LogP contribution is 2.54. The highest BCUT2D eigenvalue weighted by molar-refractivity contribution is 7.90. The molecule has 18 heteroatoms. The Balaban J connectivity index is 0.787. The van der Waals surface area contributed by atoms with Gasteiger partial charge in [0.1, 0.15) is 28.0 Å². The summed E-state index contributed by atoms with van der Waals surface area (Å²) in [5, 5.41) is 27.2. The monoisotopic (exact) mass is 1100 g/mol. The van der Waals surface area contributed by atoms with E-state index in [1.165, 1.54) is 48.1 Å². The molecule has 2 atom stereocenters. The molecule has 6 aromatic rings. The second kappa shape index (κ2) is 21.9. The number of hydrogen-bond acceptors (Lipinski definition) is 14. The molecule has 3 aromatic heterocycles. The SMILES string of the molecule is COc1ccc(CN2CCN(C3CC4(CCN(c5ccc(C(=O)NS(=O)(=O)c6cnc(NCC7CCC(C)(O)CC7)c([NH+](C)[O-])c6)c(Oc6cnc7c(c6)C(F)=CC7)c5)CC4)C3)[C@H](c3ccccc3C(C)C)C2)c2cc(C)oc12. The number of aromatic nitrogens is 2. The Kier molecular flexibility index (Phi) is 15.1. The summed E-state index contributed by atoms with van der Waals surface area (Å²) < 4.78 is 63.1. The number of amides is 1. The predicted octanol–water partition coefficient (Wildman–Crippen LogP) is 9.75. The van der Waals surface area contributed by atoms with Gasteiger partial charge in [-0.2, -0.15) is 0 Å². The van der Waals surface area contributed by atoms with E-state index < -0.39 is 32.4 Å². The van der Waals surface area contributed by atoms with Crippen molar-refractivity contribution in [2.45, 2.75) is 121 Å². The smallest absolute Gasteiger partial charge is 0.268 e. The third kappa shape index (κ3) is 11.4. The number of hydroxylamine groups is 1. The van der Waals surface area contributed by atoms with E-state index in [9.17, 15) is 27.9 Å². The molecule has 0 radical (unpaired) electrons. The number of nitrogens with one attached hydrogen (secondary N) is 3. The molecule has 2 saturated carbocycles. The van der Waals surface area contributed by atoms with Gasteiger partial charge in [-0.05, 0) is 136 Å². The number of fused-ring (bicyclic) bond motifs is 2. The molecule has 4 fully saturated rings. The number of aryl methyl sites for hydroxylation is 1. The molecule has 1 unspecified atom stereocenters. The molecule has 2 aliphatic heterocycles.